The van der Waals surface area contributed by atoms with Gasteiger partial charge in [0.2, 0.25) is 10.0 Å². The molecule has 4 rings (SSSR count). The topological polar surface area (TPSA) is 108 Å². The van der Waals surface area contributed by atoms with Crippen LogP contribution in [-0.2, 0) is 10.0 Å². The molecule has 188 valence electrons. The molecule has 0 amide bonds. The maximum absolute atomic E-state index is 13.1. The van der Waals surface area contributed by atoms with Crippen molar-refractivity contribution in [2.45, 2.75) is 31.7 Å². The Kier molecular flexibility index (Phi) is 8.32. The highest BCUT2D eigenvalue weighted by Crippen LogP contribution is 2.37. The molecule has 0 aliphatic heterocycles. The maximum atomic E-state index is 13.1. The molecule has 0 radical (unpaired) electrons. The number of rotatable bonds is 9. The first-order chi connectivity index (χ1) is 17.2. The summed E-state index contributed by atoms with van der Waals surface area (Å²) in [7, 11) is -3.73. The number of anilines is 3. The van der Waals surface area contributed by atoms with Crippen LogP contribution in [-0.4, -0.2) is 36.1 Å². The van der Waals surface area contributed by atoms with E-state index >= 15 is 0 Å². The average molecular weight is 559 g/mol. The second-order valence-corrected chi connectivity index (χ2v) is 12.1. The maximum Gasteiger partial charge on any atom is 0.241 e. The Morgan fingerprint density at radius 2 is 1.83 bits per heavy atom. The van der Waals surface area contributed by atoms with Gasteiger partial charge in [0.05, 0.1) is 9.77 Å². The Hall–Kier alpha value is -2.90. The van der Waals surface area contributed by atoms with Crippen LogP contribution in [0.25, 0.3) is 21.0 Å². The number of thiazole rings is 2. The minimum Gasteiger partial charge on any atom is -0.360 e. The first-order valence-electron chi connectivity index (χ1n) is 11.2. The molecule has 0 fully saturated rings. The van der Waals surface area contributed by atoms with Gasteiger partial charge in [-0.05, 0) is 62.5 Å². The number of nitrogens with zero attached hydrogens (tertiary/aromatic N) is 2. The molecule has 8 nitrogen and oxygen atoms in total. The van der Waals surface area contributed by atoms with Crippen molar-refractivity contribution in [2.75, 3.05) is 17.2 Å². The average Bonchev–Trinajstić information content (AvgIpc) is 3.51. The summed E-state index contributed by atoms with van der Waals surface area (Å²) in [6.07, 6.45) is 3.40. The molecule has 0 saturated carbocycles. The minimum absolute atomic E-state index is 0.187. The summed E-state index contributed by atoms with van der Waals surface area (Å²) in [5, 5.41) is 13.4. The van der Waals surface area contributed by atoms with Crippen molar-refractivity contribution in [3.63, 3.8) is 0 Å². The third-order valence-corrected chi connectivity index (χ3v) is 8.44. The van der Waals surface area contributed by atoms with Gasteiger partial charge >= 0.3 is 0 Å². The highest BCUT2D eigenvalue weighted by Gasteiger charge is 2.21. The molecule has 0 aliphatic rings. The van der Waals surface area contributed by atoms with Gasteiger partial charge in [0.25, 0.3) is 0 Å². The zero-order valence-corrected chi connectivity index (χ0v) is 23.2. The minimum atomic E-state index is -3.73. The van der Waals surface area contributed by atoms with E-state index in [1.54, 1.807) is 31.5 Å². The summed E-state index contributed by atoms with van der Waals surface area (Å²) in [5.41, 5.74) is 3.03. The third kappa shape index (κ3) is 6.45. The SMILES string of the molecule is CCNS(=O)(=O)c1cc(Nc2nccs2)ccc1-c1cnc(-c2ccc(NC(=S)NC(C)C)cc2)s1. The van der Waals surface area contributed by atoms with E-state index in [9.17, 15) is 8.42 Å². The third-order valence-electron chi connectivity index (χ3n) is 4.87. The Bertz CT molecular complexity index is 1430. The van der Waals surface area contributed by atoms with E-state index in [2.05, 4.69) is 30.6 Å². The van der Waals surface area contributed by atoms with Gasteiger partial charge in [-0.2, -0.15) is 0 Å². The highest BCUT2D eigenvalue weighted by molar-refractivity contribution is 7.89. The van der Waals surface area contributed by atoms with Gasteiger partial charge in [-0.25, -0.2) is 23.1 Å². The summed E-state index contributed by atoms with van der Waals surface area (Å²) in [6.45, 7) is 6.09. The van der Waals surface area contributed by atoms with Crippen LogP contribution in [0.1, 0.15) is 20.8 Å². The van der Waals surface area contributed by atoms with Crippen LogP contribution in [0.2, 0.25) is 0 Å². The smallest absolute Gasteiger partial charge is 0.241 e. The van der Waals surface area contributed by atoms with Crippen molar-refractivity contribution < 1.29 is 8.42 Å². The Morgan fingerprint density at radius 1 is 1.08 bits per heavy atom. The fraction of sp³-hybridized carbons (Fsp3) is 0.208. The van der Waals surface area contributed by atoms with E-state index in [0.29, 0.717) is 21.5 Å². The van der Waals surface area contributed by atoms with Gasteiger partial charge in [0, 0.05) is 52.9 Å². The molecule has 4 aromatic rings. The van der Waals surface area contributed by atoms with E-state index < -0.39 is 10.0 Å². The van der Waals surface area contributed by atoms with Crippen molar-refractivity contribution in [3.05, 3.63) is 60.2 Å². The van der Waals surface area contributed by atoms with Crippen molar-refractivity contribution in [1.82, 2.24) is 20.0 Å². The highest BCUT2D eigenvalue weighted by atomic mass is 32.2. The van der Waals surface area contributed by atoms with Crippen LogP contribution in [0, 0.1) is 0 Å². The monoisotopic (exact) mass is 558 g/mol. The van der Waals surface area contributed by atoms with E-state index in [0.717, 1.165) is 21.1 Å². The zero-order valence-electron chi connectivity index (χ0n) is 19.9. The summed E-state index contributed by atoms with van der Waals surface area (Å²) >= 11 is 8.18. The van der Waals surface area contributed by atoms with Crippen LogP contribution < -0.4 is 20.7 Å². The second-order valence-electron chi connectivity index (χ2n) is 8.03. The molecule has 2 aromatic heterocycles. The quantitative estimate of drug-likeness (QED) is 0.195. The standard InChI is InChI=1S/C24H26N6O2S4/c1-4-27-36(31,32)21-13-18(30-24-25-11-12-34-24)9-10-19(21)20-14-26-22(35-20)16-5-7-17(8-6-16)29-23(33)28-15(2)3/h5-15,27H,4H2,1-3H3,(H,25,30)(H2,28,29,33). The molecule has 0 aliphatic carbocycles. The van der Waals surface area contributed by atoms with Crippen molar-refractivity contribution >= 4 is 66.5 Å². The van der Waals surface area contributed by atoms with Gasteiger partial charge in [-0.3, -0.25) is 0 Å². The van der Waals surface area contributed by atoms with Gasteiger partial charge in [0.1, 0.15) is 5.01 Å². The number of nitrogens with one attached hydrogen (secondary N) is 4. The molecular weight excluding hydrogens is 533 g/mol. The van der Waals surface area contributed by atoms with Crippen LogP contribution in [0.4, 0.5) is 16.5 Å². The summed E-state index contributed by atoms with van der Waals surface area (Å²) in [6, 6.07) is 13.3. The van der Waals surface area contributed by atoms with Gasteiger partial charge in [-0.1, -0.05) is 13.0 Å². The lowest BCUT2D eigenvalue weighted by atomic mass is 10.2. The fourth-order valence-corrected chi connectivity index (χ4v) is 6.57. The number of benzene rings is 2. The number of hydrogen-bond acceptors (Lipinski definition) is 8. The Labute approximate surface area is 224 Å². The Morgan fingerprint density at radius 3 is 2.50 bits per heavy atom. The van der Waals surface area contributed by atoms with Gasteiger partial charge < -0.3 is 16.0 Å². The summed E-state index contributed by atoms with van der Waals surface area (Å²) in [5.74, 6) is 0. The lowest BCUT2D eigenvalue weighted by molar-refractivity contribution is 0.584. The molecule has 0 bridgehead atoms. The van der Waals surface area contributed by atoms with E-state index in [1.807, 2.05) is 49.6 Å². The second kappa shape index (κ2) is 11.4. The number of thiocarbonyl (C=S) groups is 1. The van der Waals surface area contributed by atoms with E-state index in [1.165, 1.54) is 22.7 Å². The molecule has 0 unspecified atom stereocenters. The molecule has 0 atom stereocenters. The molecule has 0 spiro atoms. The lowest BCUT2D eigenvalue weighted by Gasteiger charge is -2.13. The van der Waals surface area contributed by atoms with E-state index in [-0.39, 0.29) is 17.5 Å². The molecule has 0 saturated heterocycles. The summed E-state index contributed by atoms with van der Waals surface area (Å²) in [4.78, 5) is 9.72. The fourth-order valence-electron chi connectivity index (χ4n) is 3.36. The van der Waals surface area contributed by atoms with Crippen molar-refractivity contribution in [1.29, 1.82) is 0 Å². The van der Waals surface area contributed by atoms with Crippen LogP contribution >= 0.6 is 34.9 Å². The molecule has 2 heterocycles. The van der Waals surface area contributed by atoms with Crippen LogP contribution in [0.15, 0.2) is 65.1 Å². The Balaban J connectivity index is 1.61. The largest absolute Gasteiger partial charge is 0.360 e. The predicted molar refractivity (Wildman–Crippen MR) is 154 cm³/mol. The van der Waals surface area contributed by atoms with Gasteiger partial charge in [-0.15, -0.1) is 22.7 Å². The van der Waals surface area contributed by atoms with Crippen molar-refractivity contribution in [2.24, 2.45) is 0 Å². The molecular formula is C24H26N6O2S4. The predicted octanol–water partition coefficient (Wildman–Crippen LogP) is 5.67. The zero-order chi connectivity index (χ0) is 25.7. The molecule has 36 heavy (non-hydrogen) atoms. The number of hydrogen-bond donors (Lipinski definition) is 4. The number of aromatic nitrogens is 2. The molecule has 12 heteroatoms. The molecule has 4 N–H and O–H groups in total. The van der Waals surface area contributed by atoms with Crippen molar-refractivity contribution in [3.8, 4) is 21.0 Å². The van der Waals surface area contributed by atoms with Crippen LogP contribution in [0.3, 0.4) is 0 Å². The number of sulfonamides is 1. The normalized spacial score (nSPS) is 11.4. The first kappa shape index (κ1) is 26.2. The molecule has 2 aromatic carbocycles. The lowest BCUT2D eigenvalue weighted by Crippen LogP contribution is -2.33. The summed E-state index contributed by atoms with van der Waals surface area (Å²) < 4.78 is 28.7. The first-order valence-corrected chi connectivity index (χ1v) is 14.8. The van der Waals surface area contributed by atoms with E-state index in [4.69, 9.17) is 12.2 Å². The van der Waals surface area contributed by atoms with Crippen LogP contribution in [0.5, 0.6) is 0 Å². The van der Waals surface area contributed by atoms with Gasteiger partial charge in [0.15, 0.2) is 10.2 Å².